The predicted octanol–water partition coefficient (Wildman–Crippen LogP) is 8.22. The molecule has 6 rings (SSSR count). The lowest BCUT2D eigenvalue weighted by atomic mass is 9.84. The zero-order valence-corrected chi connectivity index (χ0v) is 37.1. The smallest absolute Gasteiger partial charge is 0.328 e. The molecule has 4 aliphatic rings. The number of aromatic hydroxyl groups is 2. The summed E-state index contributed by atoms with van der Waals surface area (Å²) in [6.07, 6.45) is 13.0. The van der Waals surface area contributed by atoms with Gasteiger partial charge in [0.15, 0.2) is 0 Å². The van der Waals surface area contributed by atoms with Crippen LogP contribution in [-0.2, 0) is 30.7 Å². The standard InChI is InChI=1S/C49H64N2O10/c1-28(2)13-9-15-30(5)17-11-19-48(7)41(54)23-34-39(52)21-32-36(43(34)60-48)25-50(45(32)56)27-38(47(58)59)51-26-37-33(46(51)57)22-40(53)35-24-42(55)49(8,61-44(35)37)20-12-18-31(6)16-10-14-29(3)4/h13-14,17-18,21-22,38,41-42,52-55H,9-12,15-16,19-20,23-27H2,1-8H3,(H,58,59)/b30-17+,31-18+/t38-,41-,42-,48-,49-/m0/s1. The lowest BCUT2D eigenvalue weighted by molar-refractivity contribution is -0.142. The molecular weight excluding hydrogens is 777 g/mol. The highest BCUT2D eigenvalue weighted by Gasteiger charge is 2.48. The van der Waals surface area contributed by atoms with E-state index in [1.807, 2.05) is 13.8 Å². The molecule has 0 spiro atoms. The van der Waals surface area contributed by atoms with Crippen LogP contribution in [0.25, 0.3) is 0 Å². The number of phenols is 2. The van der Waals surface area contributed by atoms with E-state index in [4.69, 9.17) is 9.47 Å². The van der Waals surface area contributed by atoms with Crippen LogP contribution in [0.15, 0.2) is 58.7 Å². The molecule has 12 heteroatoms. The number of aliphatic hydroxyl groups excluding tert-OH is 2. The average molecular weight is 841 g/mol. The van der Waals surface area contributed by atoms with E-state index in [1.54, 1.807) is 0 Å². The third-order valence-corrected chi connectivity index (χ3v) is 13.0. The van der Waals surface area contributed by atoms with Crippen molar-refractivity contribution in [3.8, 4) is 23.0 Å². The number of benzene rings is 2. The summed E-state index contributed by atoms with van der Waals surface area (Å²) in [4.78, 5) is 43.6. The van der Waals surface area contributed by atoms with E-state index in [2.05, 4.69) is 65.8 Å². The van der Waals surface area contributed by atoms with Crippen LogP contribution in [-0.4, -0.2) is 89.1 Å². The zero-order valence-electron chi connectivity index (χ0n) is 37.1. The van der Waals surface area contributed by atoms with Crippen molar-refractivity contribution in [1.82, 2.24) is 9.80 Å². The van der Waals surface area contributed by atoms with Crippen LogP contribution in [0.1, 0.15) is 150 Å². The van der Waals surface area contributed by atoms with Gasteiger partial charge in [0, 0.05) is 35.1 Å². The van der Waals surface area contributed by atoms with Gasteiger partial charge in [0.05, 0.1) is 43.0 Å². The second-order valence-electron chi connectivity index (χ2n) is 18.5. The van der Waals surface area contributed by atoms with Gasteiger partial charge < -0.3 is 44.8 Å². The van der Waals surface area contributed by atoms with E-state index in [-0.39, 0.29) is 60.9 Å². The van der Waals surface area contributed by atoms with Crippen LogP contribution in [0.2, 0.25) is 0 Å². The first-order valence-corrected chi connectivity index (χ1v) is 21.6. The van der Waals surface area contributed by atoms with Gasteiger partial charge in [-0.15, -0.1) is 0 Å². The van der Waals surface area contributed by atoms with Gasteiger partial charge in [-0.05, 0) is 119 Å². The quantitative estimate of drug-likeness (QED) is 0.104. The maximum atomic E-state index is 14.0. The first-order chi connectivity index (χ1) is 28.7. The molecule has 0 saturated carbocycles. The van der Waals surface area contributed by atoms with Crippen LogP contribution in [0.5, 0.6) is 23.0 Å². The molecule has 12 nitrogen and oxygen atoms in total. The summed E-state index contributed by atoms with van der Waals surface area (Å²) >= 11 is 0. The maximum absolute atomic E-state index is 14.0. The molecule has 4 heterocycles. The van der Waals surface area contributed by atoms with E-state index in [0.29, 0.717) is 53.7 Å². The van der Waals surface area contributed by atoms with Gasteiger partial charge in [0.2, 0.25) is 0 Å². The molecule has 0 bridgehead atoms. The second-order valence-corrected chi connectivity index (χ2v) is 18.5. The second kappa shape index (κ2) is 18.1. The average Bonchev–Trinajstić information content (AvgIpc) is 3.66. The van der Waals surface area contributed by atoms with Crippen LogP contribution in [0, 0.1) is 0 Å². The number of carboxylic acids is 1. The molecular formula is C49H64N2O10. The Labute approximate surface area is 359 Å². The minimum atomic E-state index is -1.47. The molecule has 0 radical (unpaired) electrons. The minimum Gasteiger partial charge on any atom is -0.508 e. The van der Waals surface area contributed by atoms with Gasteiger partial charge in [-0.3, -0.25) is 9.59 Å². The number of fused-ring (bicyclic) bond motifs is 6. The van der Waals surface area contributed by atoms with Gasteiger partial charge in [0.25, 0.3) is 11.8 Å². The lowest BCUT2D eigenvalue weighted by Gasteiger charge is -2.41. The first kappa shape index (κ1) is 45.5. The molecule has 0 aromatic heterocycles. The number of carbonyl (C=O) groups excluding carboxylic acids is 2. The molecule has 61 heavy (non-hydrogen) atoms. The van der Waals surface area contributed by atoms with E-state index in [1.165, 1.54) is 44.2 Å². The third kappa shape index (κ3) is 9.55. The highest BCUT2D eigenvalue weighted by atomic mass is 16.5. The van der Waals surface area contributed by atoms with Crippen LogP contribution in [0.4, 0.5) is 0 Å². The first-order valence-electron chi connectivity index (χ1n) is 21.6. The molecule has 0 unspecified atom stereocenters. The number of hydrogen-bond donors (Lipinski definition) is 5. The summed E-state index contributed by atoms with van der Waals surface area (Å²) in [6.45, 7) is 15.6. The lowest BCUT2D eigenvalue weighted by Crippen LogP contribution is -2.49. The highest BCUT2D eigenvalue weighted by Crippen LogP contribution is 2.48. The Balaban J connectivity index is 1.18. The van der Waals surface area contributed by atoms with Crippen molar-refractivity contribution in [2.45, 2.75) is 162 Å². The fourth-order valence-electron chi connectivity index (χ4n) is 9.00. The van der Waals surface area contributed by atoms with Crippen LogP contribution >= 0.6 is 0 Å². The molecule has 0 fully saturated rings. The van der Waals surface area contributed by atoms with Crippen molar-refractivity contribution in [2.24, 2.45) is 0 Å². The number of phenolic OH excluding ortho intramolecular Hbond substituents is 2. The fraction of sp³-hybridized carbons (Fsp3) is 0.531. The van der Waals surface area contributed by atoms with E-state index in [0.717, 1.165) is 25.7 Å². The van der Waals surface area contributed by atoms with E-state index < -0.39 is 47.2 Å². The zero-order chi connectivity index (χ0) is 44.6. The molecule has 4 aliphatic heterocycles. The van der Waals surface area contributed by atoms with Crippen molar-refractivity contribution >= 4 is 17.8 Å². The van der Waals surface area contributed by atoms with Gasteiger partial charge in [-0.1, -0.05) is 46.6 Å². The fourth-order valence-corrected chi connectivity index (χ4v) is 9.00. The van der Waals surface area contributed by atoms with Crippen molar-refractivity contribution in [3.05, 3.63) is 92.1 Å². The number of ether oxygens (including phenoxy) is 2. The summed E-state index contributed by atoms with van der Waals surface area (Å²) in [5.41, 5.74) is 4.90. The monoisotopic (exact) mass is 840 g/mol. The number of rotatable bonds is 16. The SMILES string of the molecule is CC(C)=CCC/C(C)=C/CC[C@]1(C)Oc2c(c(O)cc3c2CN(C[C@@H](C(=O)O)N2Cc4c(cc(O)c5c4O[C@@](C)(CC/C=C(\C)CCC=C(C)C)[C@@H](O)C5)C2=O)C3=O)C[C@@H]1O. The van der Waals surface area contributed by atoms with E-state index >= 15 is 0 Å². The van der Waals surface area contributed by atoms with E-state index in [9.17, 15) is 39.9 Å². The molecule has 0 saturated heterocycles. The Morgan fingerprint density at radius 1 is 0.705 bits per heavy atom. The molecule has 330 valence electrons. The largest absolute Gasteiger partial charge is 0.508 e. The van der Waals surface area contributed by atoms with Gasteiger partial charge in [-0.25, -0.2) is 4.79 Å². The maximum Gasteiger partial charge on any atom is 0.328 e. The minimum absolute atomic E-state index is 0.0243. The Hall–Kier alpha value is -5.07. The Kier molecular flexibility index (Phi) is 13.5. The van der Waals surface area contributed by atoms with Gasteiger partial charge in [0.1, 0.15) is 40.2 Å². The molecule has 2 aromatic rings. The van der Waals surface area contributed by atoms with Crippen LogP contribution in [0.3, 0.4) is 0 Å². The van der Waals surface area contributed by atoms with Crippen molar-refractivity contribution in [3.63, 3.8) is 0 Å². The summed E-state index contributed by atoms with van der Waals surface area (Å²) in [6, 6.07) is 1.18. The Morgan fingerprint density at radius 3 is 1.59 bits per heavy atom. The summed E-state index contributed by atoms with van der Waals surface area (Å²) < 4.78 is 13.1. The third-order valence-electron chi connectivity index (χ3n) is 13.0. The number of nitrogens with zero attached hydrogens (tertiary/aromatic N) is 2. The normalized spacial score (nSPS) is 23.7. The molecule has 5 N–H and O–H groups in total. The summed E-state index contributed by atoms with van der Waals surface area (Å²) in [5, 5.41) is 55.3. The van der Waals surface area contributed by atoms with Gasteiger partial charge >= 0.3 is 5.97 Å². The molecule has 2 amide bonds. The predicted molar refractivity (Wildman–Crippen MR) is 233 cm³/mol. The highest BCUT2D eigenvalue weighted by molar-refractivity contribution is 6.03. The summed E-state index contributed by atoms with van der Waals surface area (Å²) in [7, 11) is 0. The number of allylic oxidation sites excluding steroid dienone is 8. The van der Waals surface area contributed by atoms with Crippen molar-refractivity contribution in [1.29, 1.82) is 0 Å². The Bertz CT molecular complexity index is 2190. The number of hydrogen-bond acceptors (Lipinski definition) is 9. The Morgan fingerprint density at radius 2 is 1.15 bits per heavy atom. The van der Waals surface area contributed by atoms with Crippen molar-refractivity contribution in [2.75, 3.05) is 6.54 Å². The number of aliphatic hydroxyl groups is 2. The number of carboxylic acid groups (broad SMARTS) is 1. The van der Waals surface area contributed by atoms with Crippen LogP contribution < -0.4 is 9.47 Å². The molecule has 2 aromatic carbocycles. The summed E-state index contributed by atoms with van der Waals surface area (Å²) in [5.74, 6) is -2.28. The van der Waals surface area contributed by atoms with Crippen molar-refractivity contribution < 1.29 is 49.4 Å². The number of carbonyl (C=O) groups is 3. The number of aliphatic carboxylic acids is 1. The topological polar surface area (TPSA) is 177 Å². The number of amides is 2. The molecule has 5 atom stereocenters. The molecule has 0 aliphatic carbocycles. The van der Waals surface area contributed by atoms with Gasteiger partial charge in [-0.2, -0.15) is 0 Å².